The van der Waals surface area contributed by atoms with Gasteiger partial charge in [-0.25, -0.2) is 4.79 Å². The van der Waals surface area contributed by atoms with Crippen LogP contribution in [-0.4, -0.2) is 72.8 Å². The number of unbranched alkanes of at least 4 members (excludes halogenated alkanes) is 32. The minimum absolute atomic E-state index is 0.0312. The third-order valence-electron chi connectivity index (χ3n) is 12.6. The number of ether oxygens (including phenoxy) is 3. The number of likely N-dealkylation sites (N-methyl/N-ethyl adjacent to an activating group) is 1. The van der Waals surface area contributed by atoms with Crippen LogP contribution in [0.15, 0.2) is 0 Å². The summed E-state index contributed by atoms with van der Waals surface area (Å²) >= 11 is 0. The quantitative estimate of drug-likeness (QED) is 0.0364. The van der Waals surface area contributed by atoms with E-state index < -0.39 is 18.0 Å². The lowest BCUT2D eigenvalue weighted by Crippen LogP contribution is -2.33. The Balaban J connectivity index is 0. The number of esters is 3. The van der Waals surface area contributed by atoms with Crippen LogP contribution in [0, 0.1) is 11.8 Å². The molecule has 0 saturated carbocycles. The highest BCUT2D eigenvalue weighted by atomic mass is 16.6. The van der Waals surface area contributed by atoms with Gasteiger partial charge in [-0.05, 0) is 44.9 Å². The summed E-state index contributed by atoms with van der Waals surface area (Å²) in [6.45, 7) is 15.8. The molecule has 0 fully saturated rings. The van der Waals surface area contributed by atoms with Crippen molar-refractivity contribution >= 4 is 23.8 Å². The van der Waals surface area contributed by atoms with E-state index in [4.69, 9.17) is 14.2 Å². The van der Waals surface area contributed by atoms with Crippen molar-refractivity contribution < 1.29 is 38.5 Å². The van der Waals surface area contributed by atoms with Crippen LogP contribution in [0.3, 0.4) is 0 Å². The molecule has 0 aliphatic heterocycles. The van der Waals surface area contributed by atoms with Gasteiger partial charge in [0.1, 0.15) is 6.54 Å². The highest BCUT2D eigenvalue weighted by molar-refractivity contribution is 5.82. The third-order valence-corrected chi connectivity index (χ3v) is 12.6. The fourth-order valence-electron chi connectivity index (χ4n) is 8.31. The molecule has 0 bridgehead atoms. The number of nitrogens with zero attached hydrogens (tertiary/aromatic N) is 1. The van der Waals surface area contributed by atoms with E-state index in [2.05, 4.69) is 34.6 Å². The van der Waals surface area contributed by atoms with Crippen LogP contribution in [0.1, 0.15) is 299 Å². The van der Waals surface area contributed by atoms with Crippen LogP contribution in [0.5, 0.6) is 0 Å². The van der Waals surface area contributed by atoms with Crippen LogP contribution < -0.4 is 0 Å². The molecule has 1 unspecified atom stereocenters. The second-order valence-electron chi connectivity index (χ2n) is 21.0. The topological polar surface area (TPSA) is 119 Å². The van der Waals surface area contributed by atoms with Crippen molar-refractivity contribution in [3.63, 3.8) is 0 Å². The largest absolute Gasteiger partial charge is 0.466 e. The van der Waals surface area contributed by atoms with Crippen LogP contribution in [0.25, 0.3) is 0 Å². The summed E-state index contributed by atoms with van der Waals surface area (Å²) in [6, 6.07) is 0. The number of rotatable bonds is 48. The lowest BCUT2D eigenvalue weighted by molar-refractivity contribution is -0.160. The van der Waals surface area contributed by atoms with E-state index in [0.717, 1.165) is 56.8 Å². The smallest absolute Gasteiger partial charge is 0.335 e. The Bertz CT molecular complexity index is 1090. The molecule has 9 nitrogen and oxygen atoms in total. The van der Waals surface area contributed by atoms with E-state index in [0.29, 0.717) is 19.6 Å². The maximum absolute atomic E-state index is 12.0. The highest BCUT2D eigenvalue weighted by Gasteiger charge is 2.21. The molecule has 0 aromatic rings. The molecule has 0 aliphatic carbocycles. The van der Waals surface area contributed by atoms with E-state index in [1.807, 2.05) is 13.8 Å². The Morgan fingerprint density at radius 3 is 1.12 bits per heavy atom. The monoisotopic (exact) mass is 952 g/mol. The van der Waals surface area contributed by atoms with E-state index in [9.17, 15) is 24.3 Å². The number of carbonyl (C=O) groups excluding carboxylic acids is 4. The van der Waals surface area contributed by atoms with Crippen LogP contribution in [0.2, 0.25) is 0 Å². The average molecular weight is 953 g/mol. The highest BCUT2D eigenvalue weighted by Crippen LogP contribution is 2.17. The van der Waals surface area contributed by atoms with Crippen LogP contribution >= 0.6 is 0 Å². The minimum atomic E-state index is -1.43. The number of amides is 1. The van der Waals surface area contributed by atoms with Crippen LogP contribution in [-0.2, 0) is 33.4 Å². The molecule has 1 amide bonds. The van der Waals surface area contributed by atoms with Crippen molar-refractivity contribution in [1.29, 1.82) is 0 Å². The minimum Gasteiger partial charge on any atom is -0.466 e. The lowest BCUT2D eigenvalue weighted by atomic mass is 10.0. The summed E-state index contributed by atoms with van der Waals surface area (Å²) in [4.78, 5) is 48.8. The van der Waals surface area contributed by atoms with E-state index in [-0.39, 0.29) is 30.9 Å². The predicted octanol–water partition coefficient (Wildman–Crippen LogP) is 16.4. The zero-order chi connectivity index (χ0) is 50.0. The molecule has 9 heteroatoms. The maximum Gasteiger partial charge on any atom is 0.335 e. The molecule has 67 heavy (non-hydrogen) atoms. The second-order valence-corrected chi connectivity index (χ2v) is 21.0. The van der Waals surface area contributed by atoms with Crippen molar-refractivity contribution in [1.82, 2.24) is 4.90 Å². The van der Waals surface area contributed by atoms with Crippen molar-refractivity contribution in [2.45, 2.75) is 311 Å². The standard InChI is InChI=1S/C40H78O5.C18H35NO3/c1-36(2)31-27-23-19-15-11-7-5-9-13-17-21-25-29-33-44-39(42)35-38(41)40(43)45-34-30-26-22-18-14-10-6-8-12-16-20-24-28-32-37(3)4;1-5-6-7-8-9-10-11-12-13-14-17(20)19(4)15-18(21)22-16(2)3/h36-38,41H,5-35H2,1-4H3;16H,5-15H2,1-4H3. The van der Waals surface area contributed by atoms with Gasteiger partial charge in [-0.15, -0.1) is 0 Å². The first kappa shape index (κ1) is 66.9. The number of hydrogen-bond donors (Lipinski definition) is 1. The third kappa shape index (κ3) is 54.6. The summed E-state index contributed by atoms with van der Waals surface area (Å²) in [7, 11) is 1.66. The summed E-state index contributed by atoms with van der Waals surface area (Å²) in [5.41, 5.74) is 0. The van der Waals surface area contributed by atoms with Gasteiger partial charge in [0.25, 0.3) is 0 Å². The molecule has 0 rings (SSSR count). The fourth-order valence-corrected chi connectivity index (χ4v) is 8.31. The van der Waals surface area contributed by atoms with Gasteiger partial charge in [-0.2, -0.15) is 0 Å². The summed E-state index contributed by atoms with van der Waals surface area (Å²) in [6.07, 6.45) is 45.7. The van der Waals surface area contributed by atoms with Gasteiger partial charge in [0, 0.05) is 13.5 Å². The summed E-state index contributed by atoms with van der Waals surface area (Å²) in [5.74, 6) is 0.147. The van der Waals surface area contributed by atoms with E-state index in [1.165, 1.54) is 198 Å². The van der Waals surface area contributed by atoms with Crippen LogP contribution in [0.4, 0.5) is 0 Å². The fraction of sp³-hybridized carbons (Fsp3) is 0.931. The molecule has 0 heterocycles. The first-order valence-corrected chi connectivity index (χ1v) is 28.7. The molecule has 398 valence electrons. The molecular formula is C58H113NO8. The first-order valence-electron chi connectivity index (χ1n) is 28.7. The van der Waals surface area contributed by atoms with Gasteiger partial charge in [0.2, 0.25) is 5.91 Å². The Morgan fingerprint density at radius 2 is 0.761 bits per heavy atom. The molecule has 0 aliphatic rings. The van der Waals surface area contributed by atoms with Gasteiger partial charge in [0.05, 0.1) is 25.7 Å². The Kier molecular flexibility index (Phi) is 51.6. The molecule has 0 radical (unpaired) electrons. The Labute approximate surface area is 415 Å². The molecular weight excluding hydrogens is 839 g/mol. The Hall–Kier alpha value is -2.16. The van der Waals surface area contributed by atoms with Gasteiger partial charge >= 0.3 is 17.9 Å². The van der Waals surface area contributed by atoms with Gasteiger partial charge in [-0.3, -0.25) is 14.4 Å². The number of carbonyl (C=O) groups is 4. The van der Waals surface area contributed by atoms with Crippen molar-refractivity contribution in [3.05, 3.63) is 0 Å². The van der Waals surface area contributed by atoms with Gasteiger partial charge in [0.15, 0.2) is 6.10 Å². The van der Waals surface area contributed by atoms with Crippen molar-refractivity contribution in [2.24, 2.45) is 11.8 Å². The number of aliphatic hydroxyl groups excluding tert-OH is 1. The van der Waals surface area contributed by atoms with Gasteiger partial charge in [-0.1, -0.05) is 253 Å². The van der Waals surface area contributed by atoms with Crippen molar-refractivity contribution in [2.75, 3.05) is 26.8 Å². The molecule has 1 N–H and O–H groups in total. The molecule has 0 saturated heterocycles. The number of aliphatic hydroxyl groups is 1. The lowest BCUT2D eigenvalue weighted by Gasteiger charge is -2.17. The van der Waals surface area contributed by atoms with Gasteiger partial charge < -0.3 is 24.2 Å². The normalized spacial score (nSPS) is 11.8. The molecule has 0 spiro atoms. The van der Waals surface area contributed by atoms with E-state index >= 15 is 0 Å². The summed E-state index contributed by atoms with van der Waals surface area (Å²) < 4.78 is 15.4. The zero-order valence-corrected chi connectivity index (χ0v) is 45.8. The SMILES string of the molecule is CC(C)CCCCCCCCCCCCCCCOC(=O)CC(O)C(=O)OCCCCCCCCCCCCCCCC(C)C.CCCCCCCCCCCC(=O)N(C)CC(=O)OC(C)C. The maximum atomic E-state index is 12.0. The molecule has 0 aromatic carbocycles. The number of hydrogen-bond acceptors (Lipinski definition) is 8. The second kappa shape index (κ2) is 51.7. The Morgan fingerprint density at radius 1 is 0.433 bits per heavy atom. The molecule has 1 atom stereocenters. The first-order chi connectivity index (χ1) is 32.3. The zero-order valence-electron chi connectivity index (χ0n) is 45.8. The molecule has 0 aromatic heterocycles. The summed E-state index contributed by atoms with van der Waals surface area (Å²) in [5, 5.41) is 9.99. The average Bonchev–Trinajstić information content (AvgIpc) is 3.27. The predicted molar refractivity (Wildman–Crippen MR) is 282 cm³/mol. The van der Waals surface area contributed by atoms with E-state index in [1.54, 1.807) is 7.05 Å². The van der Waals surface area contributed by atoms with Crippen molar-refractivity contribution in [3.8, 4) is 0 Å².